The van der Waals surface area contributed by atoms with E-state index >= 15 is 0 Å². The zero-order valence-electron chi connectivity index (χ0n) is 9.90. The minimum atomic E-state index is -0.286. The third-order valence-electron chi connectivity index (χ3n) is 2.52. The summed E-state index contributed by atoms with van der Waals surface area (Å²) in [5.41, 5.74) is 1.76. The lowest BCUT2D eigenvalue weighted by atomic mass is 9.94. The third kappa shape index (κ3) is 3.54. The van der Waals surface area contributed by atoms with Gasteiger partial charge in [0.15, 0.2) is 0 Å². The Labute approximate surface area is 96.9 Å². The van der Waals surface area contributed by atoms with E-state index < -0.39 is 0 Å². The molecular formula is C14H18O2. The first kappa shape index (κ1) is 12.5. The van der Waals surface area contributed by atoms with Crippen LogP contribution in [-0.2, 0) is 16.0 Å². The number of ether oxygens (including phenoxy) is 1. The Morgan fingerprint density at radius 3 is 2.56 bits per heavy atom. The Hall–Kier alpha value is -1.57. The maximum absolute atomic E-state index is 11.5. The number of rotatable bonds is 5. The number of carbonyl (C=O) groups excluding carboxylic acids is 1. The summed E-state index contributed by atoms with van der Waals surface area (Å²) in [6.07, 6.45) is 0.818. The molecule has 1 atom stereocenters. The van der Waals surface area contributed by atoms with E-state index in [1.54, 1.807) is 6.92 Å². The van der Waals surface area contributed by atoms with Crippen LogP contribution in [0.5, 0.6) is 0 Å². The molecule has 0 aliphatic rings. The first-order valence-corrected chi connectivity index (χ1v) is 5.55. The van der Waals surface area contributed by atoms with Crippen LogP contribution in [0.1, 0.15) is 19.4 Å². The van der Waals surface area contributed by atoms with Gasteiger partial charge in [-0.15, -0.1) is 0 Å². The number of hydrogen-bond donors (Lipinski definition) is 0. The molecule has 86 valence electrons. The third-order valence-corrected chi connectivity index (χ3v) is 2.52. The molecule has 1 aromatic carbocycles. The Morgan fingerprint density at radius 2 is 2.00 bits per heavy atom. The van der Waals surface area contributed by atoms with Crippen molar-refractivity contribution in [2.24, 2.45) is 5.92 Å². The van der Waals surface area contributed by atoms with Crippen LogP contribution in [0.4, 0.5) is 0 Å². The summed E-state index contributed by atoms with van der Waals surface area (Å²) >= 11 is 0. The molecule has 0 fully saturated rings. The van der Waals surface area contributed by atoms with Gasteiger partial charge in [0.2, 0.25) is 0 Å². The van der Waals surface area contributed by atoms with E-state index in [9.17, 15) is 4.79 Å². The summed E-state index contributed by atoms with van der Waals surface area (Å²) in [7, 11) is 0. The van der Waals surface area contributed by atoms with Crippen LogP contribution in [0.2, 0.25) is 0 Å². The predicted octanol–water partition coefficient (Wildman–Crippen LogP) is 2.98. The van der Waals surface area contributed by atoms with Gasteiger partial charge in [0.1, 0.15) is 0 Å². The van der Waals surface area contributed by atoms with E-state index in [1.807, 2.05) is 25.1 Å². The summed E-state index contributed by atoms with van der Waals surface area (Å²) in [5, 5.41) is 0. The van der Waals surface area contributed by atoms with E-state index in [-0.39, 0.29) is 11.9 Å². The van der Waals surface area contributed by atoms with E-state index in [2.05, 4.69) is 18.7 Å². The lowest BCUT2D eigenvalue weighted by Gasteiger charge is -2.13. The molecule has 16 heavy (non-hydrogen) atoms. The number of esters is 1. The molecule has 0 amide bonds. The Morgan fingerprint density at radius 1 is 1.38 bits per heavy atom. The van der Waals surface area contributed by atoms with Gasteiger partial charge in [-0.05, 0) is 24.8 Å². The second kappa shape index (κ2) is 6.11. The molecule has 0 N–H and O–H groups in total. The minimum Gasteiger partial charge on any atom is -0.463 e. The van der Waals surface area contributed by atoms with Crippen LogP contribution in [0, 0.1) is 5.92 Å². The Bertz CT molecular complexity index is 354. The van der Waals surface area contributed by atoms with Gasteiger partial charge in [0, 0.05) is 5.57 Å². The van der Waals surface area contributed by atoms with Gasteiger partial charge >= 0.3 is 5.97 Å². The molecule has 0 radical (unpaired) electrons. The molecule has 0 saturated heterocycles. The van der Waals surface area contributed by atoms with Crippen LogP contribution in [0.3, 0.4) is 0 Å². The molecule has 1 aromatic rings. The zero-order valence-corrected chi connectivity index (χ0v) is 9.90. The van der Waals surface area contributed by atoms with E-state index in [0.29, 0.717) is 12.2 Å². The van der Waals surface area contributed by atoms with Gasteiger partial charge in [0.25, 0.3) is 0 Å². The first-order valence-electron chi connectivity index (χ1n) is 5.55. The summed E-state index contributed by atoms with van der Waals surface area (Å²) in [4.78, 5) is 11.5. The molecule has 1 rings (SSSR count). The average molecular weight is 218 g/mol. The number of hydrogen-bond acceptors (Lipinski definition) is 2. The predicted molar refractivity (Wildman–Crippen MR) is 65.1 cm³/mol. The largest absolute Gasteiger partial charge is 0.463 e. The highest BCUT2D eigenvalue weighted by molar-refractivity contribution is 5.88. The van der Waals surface area contributed by atoms with Crippen molar-refractivity contribution >= 4 is 5.97 Å². The standard InChI is InChI=1S/C14H18O2/c1-4-16-14(15)12(3)11(2)10-13-8-6-5-7-9-13/h5-9,11H,3-4,10H2,1-2H3. The van der Waals surface area contributed by atoms with Crippen molar-refractivity contribution in [2.75, 3.05) is 6.61 Å². The Balaban J connectivity index is 2.55. The highest BCUT2D eigenvalue weighted by Gasteiger charge is 2.15. The van der Waals surface area contributed by atoms with Gasteiger partial charge in [-0.2, -0.15) is 0 Å². The molecule has 0 bridgehead atoms. The van der Waals surface area contributed by atoms with Crippen molar-refractivity contribution in [2.45, 2.75) is 20.3 Å². The summed E-state index contributed by atoms with van der Waals surface area (Å²) < 4.78 is 4.92. The van der Waals surface area contributed by atoms with Crippen LogP contribution in [0.15, 0.2) is 42.5 Å². The van der Waals surface area contributed by atoms with Crippen LogP contribution in [0.25, 0.3) is 0 Å². The minimum absolute atomic E-state index is 0.112. The first-order chi connectivity index (χ1) is 7.65. The maximum Gasteiger partial charge on any atom is 0.333 e. The van der Waals surface area contributed by atoms with Crippen molar-refractivity contribution < 1.29 is 9.53 Å². The van der Waals surface area contributed by atoms with Crippen LogP contribution < -0.4 is 0 Å². The van der Waals surface area contributed by atoms with Crippen LogP contribution in [-0.4, -0.2) is 12.6 Å². The summed E-state index contributed by atoms with van der Waals surface area (Å²) in [6.45, 7) is 7.98. The fraction of sp³-hybridized carbons (Fsp3) is 0.357. The fourth-order valence-electron chi connectivity index (χ4n) is 1.52. The van der Waals surface area contributed by atoms with E-state index in [1.165, 1.54) is 5.56 Å². The molecule has 0 heterocycles. The summed E-state index contributed by atoms with van der Waals surface area (Å²) in [5.74, 6) is -0.174. The monoisotopic (exact) mass is 218 g/mol. The number of benzene rings is 1. The van der Waals surface area contributed by atoms with E-state index in [0.717, 1.165) is 6.42 Å². The molecule has 2 nitrogen and oxygen atoms in total. The number of carbonyl (C=O) groups is 1. The normalized spacial score (nSPS) is 11.9. The van der Waals surface area contributed by atoms with Crippen LogP contribution >= 0.6 is 0 Å². The van der Waals surface area contributed by atoms with Crippen molar-refractivity contribution in [3.63, 3.8) is 0 Å². The van der Waals surface area contributed by atoms with Crippen molar-refractivity contribution in [1.29, 1.82) is 0 Å². The molecule has 2 heteroatoms. The molecule has 0 saturated carbocycles. The molecule has 0 aromatic heterocycles. The molecule has 1 unspecified atom stereocenters. The quantitative estimate of drug-likeness (QED) is 0.561. The maximum atomic E-state index is 11.5. The smallest absolute Gasteiger partial charge is 0.333 e. The molecule has 0 aliphatic carbocycles. The van der Waals surface area contributed by atoms with Gasteiger partial charge < -0.3 is 4.74 Å². The lowest BCUT2D eigenvalue weighted by molar-refractivity contribution is -0.139. The average Bonchev–Trinajstić information content (AvgIpc) is 2.29. The van der Waals surface area contributed by atoms with E-state index in [4.69, 9.17) is 4.74 Å². The lowest BCUT2D eigenvalue weighted by Crippen LogP contribution is -2.14. The van der Waals surface area contributed by atoms with Gasteiger partial charge in [-0.3, -0.25) is 0 Å². The van der Waals surface area contributed by atoms with Crippen molar-refractivity contribution in [3.05, 3.63) is 48.0 Å². The molecular weight excluding hydrogens is 200 g/mol. The van der Waals surface area contributed by atoms with Crippen molar-refractivity contribution in [1.82, 2.24) is 0 Å². The molecule has 0 aliphatic heterocycles. The van der Waals surface area contributed by atoms with Crippen molar-refractivity contribution in [3.8, 4) is 0 Å². The second-order valence-electron chi connectivity index (χ2n) is 3.84. The van der Waals surface area contributed by atoms with Gasteiger partial charge in [-0.1, -0.05) is 43.8 Å². The van der Waals surface area contributed by atoms with Gasteiger partial charge in [-0.25, -0.2) is 4.79 Å². The Kier molecular flexibility index (Phi) is 4.77. The topological polar surface area (TPSA) is 26.3 Å². The molecule has 0 spiro atoms. The highest BCUT2D eigenvalue weighted by atomic mass is 16.5. The van der Waals surface area contributed by atoms with Gasteiger partial charge in [0.05, 0.1) is 6.61 Å². The highest BCUT2D eigenvalue weighted by Crippen LogP contribution is 2.16. The fourth-order valence-corrected chi connectivity index (χ4v) is 1.52. The zero-order chi connectivity index (χ0) is 12.0. The second-order valence-corrected chi connectivity index (χ2v) is 3.84. The summed E-state index contributed by atoms with van der Waals surface area (Å²) in [6, 6.07) is 10.1. The SMILES string of the molecule is C=C(C(=O)OCC)C(C)Cc1ccccc1.